The molecule has 0 atom stereocenters. The molecule has 0 amide bonds. The van der Waals surface area contributed by atoms with Crippen molar-refractivity contribution in [3.63, 3.8) is 0 Å². The molecule has 0 unspecified atom stereocenters. The van der Waals surface area contributed by atoms with Crippen molar-refractivity contribution in [1.82, 2.24) is 9.97 Å². The van der Waals surface area contributed by atoms with E-state index in [-0.39, 0.29) is 23.1 Å². The third kappa shape index (κ3) is 5.49. The van der Waals surface area contributed by atoms with Crippen LogP contribution in [-0.2, 0) is 9.53 Å². The minimum atomic E-state index is -0.742. The molecule has 0 fully saturated rings. The molecular formula is C17H18ClFN4O5. The lowest BCUT2D eigenvalue weighted by atomic mass is 10.2. The molecule has 28 heavy (non-hydrogen) atoms. The summed E-state index contributed by atoms with van der Waals surface area (Å²) in [6.45, 7) is 4.83. The van der Waals surface area contributed by atoms with Crippen LogP contribution in [0.25, 0.3) is 0 Å². The Labute approximate surface area is 165 Å². The van der Waals surface area contributed by atoms with Gasteiger partial charge in [0.1, 0.15) is 30.0 Å². The number of hydrogen-bond donors (Lipinski definition) is 0. The predicted molar refractivity (Wildman–Crippen MR) is 99.3 cm³/mol. The molecule has 1 aromatic heterocycles. The van der Waals surface area contributed by atoms with Gasteiger partial charge in [-0.25, -0.2) is 9.37 Å². The van der Waals surface area contributed by atoms with Gasteiger partial charge in [0.2, 0.25) is 5.82 Å². The van der Waals surface area contributed by atoms with E-state index >= 15 is 0 Å². The molecule has 0 bridgehead atoms. The highest BCUT2D eigenvalue weighted by Gasteiger charge is 2.29. The van der Waals surface area contributed by atoms with Crippen LogP contribution < -0.4 is 9.64 Å². The van der Waals surface area contributed by atoms with Crippen LogP contribution in [-0.4, -0.2) is 40.1 Å². The summed E-state index contributed by atoms with van der Waals surface area (Å²) in [4.78, 5) is 31.8. The van der Waals surface area contributed by atoms with E-state index in [9.17, 15) is 19.3 Å². The third-order valence-electron chi connectivity index (χ3n) is 3.20. The van der Waals surface area contributed by atoms with Gasteiger partial charge >= 0.3 is 17.5 Å². The van der Waals surface area contributed by atoms with Crippen molar-refractivity contribution < 1.29 is 23.6 Å². The highest BCUT2D eigenvalue weighted by molar-refractivity contribution is 6.32. The number of aromatic nitrogens is 2. The number of anilines is 1. The number of benzene rings is 1. The Hall–Kier alpha value is -3.01. The number of nitrogens with zero attached hydrogens (tertiary/aromatic N) is 4. The maximum absolute atomic E-state index is 13.2. The Bertz CT molecular complexity index is 904. The molecule has 0 aliphatic rings. The summed E-state index contributed by atoms with van der Waals surface area (Å²) in [5.41, 5.74) is -1.28. The van der Waals surface area contributed by atoms with Crippen LogP contribution in [0, 0.1) is 15.9 Å². The lowest BCUT2D eigenvalue weighted by molar-refractivity contribution is -0.385. The molecule has 0 spiro atoms. The summed E-state index contributed by atoms with van der Waals surface area (Å²) in [5.74, 6) is -1.76. The van der Waals surface area contributed by atoms with Crippen LogP contribution >= 0.6 is 11.6 Å². The molecule has 0 radical (unpaired) electrons. The van der Waals surface area contributed by atoms with Crippen molar-refractivity contribution in [2.24, 2.45) is 0 Å². The van der Waals surface area contributed by atoms with Crippen molar-refractivity contribution in [3.05, 3.63) is 45.5 Å². The number of rotatable bonds is 6. The zero-order valence-corrected chi connectivity index (χ0v) is 16.4. The minimum Gasteiger partial charge on any atom is -0.459 e. The summed E-state index contributed by atoms with van der Waals surface area (Å²) in [6.07, 6.45) is 1.04. The molecule has 0 aliphatic carbocycles. The Kier molecular flexibility index (Phi) is 6.34. The van der Waals surface area contributed by atoms with E-state index in [0.29, 0.717) is 0 Å². The fourth-order valence-electron chi connectivity index (χ4n) is 2.17. The molecular weight excluding hydrogens is 395 g/mol. The van der Waals surface area contributed by atoms with E-state index in [1.54, 1.807) is 20.8 Å². The second-order valence-corrected chi connectivity index (χ2v) is 7.13. The van der Waals surface area contributed by atoms with Gasteiger partial charge in [0.15, 0.2) is 0 Å². The van der Waals surface area contributed by atoms with E-state index in [4.69, 9.17) is 21.1 Å². The Morgan fingerprint density at radius 2 is 2.04 bits per heavy atom. The van der Waals surface area contributed by atoms with Crippen LogP contribution in [0.4, 0.5) is 15.9 Å². The third-order valence-corrected chi connectivity index (χ3v) is 3.50. The smallest absolute Gasteiger partial charge is 0.373 e. The van der Waals surface area contributed by atoms with E-state index < -0.39 is 33.9 Å². The monoisotopic (exact) mass is 412 g/mol. The second-order valence-electron chi connectivity index (χ2n) is 6.73. The number of ether oxygens (including phenoxy) is 2. The summed E-state index contributed by atoms with van der Waals surface area (Å²) in [5, 5.41) is 11.5. The molecule has 0 N–H and O–H groups in total. The zero-order valence-electron chi connectivity index (χ0n) is 15.6. The number of hydrogen-bond acceptors (Lipinski definition) is 8. The minimum absolute atomic E-state index is 0.0226. The van der Waals surface area contributed by atoms with Crippen LogP contribution in [0.5, 0.6) is 11.6 Å². The molecule has 11 heteroatoms. The van der Waals surface area contributed by atoms with E-state index in [2.05, 4.69) is 9.97 Å². The predicted octanol–water partition coefficient (Wildman–Crippen LogP) is 3.75. The topological polar surface area (TPSA) is 108 Å². The van der Waals surface area contributed by atoms with Gasteiger partial charge in [-0.15, -0.1) is 0 Å². The number of halogens is 2. The largest absolute Gasteiger partial charge is 0.459 e. The van der Waals surface area contributed by atoms with Crippen molar-refractivity contribution >= 4 is 29.1 Å². The average Bonchev–Trinajstić information content (AvgIpc) is 2.55. The quantitative estimate of drug-likeness (QED) is 0.401. The summed E-state index contributed by atoms with van der Waals surface area (Å²) >= 11 is 5.89. The van der Waals surface area contributed by atoms with Crippen LogP contribution in [0.2, 0.25) is 5.02 Å². The first-order chi connectivity index (χ1) is 13.0. The molecule has 1 aromatic carbocycles. The Morgan fingerprint density at radius 3 is 2.61 bits per heavy atom. The molecule has 0 saturated carbocycles. The molecule has 0 aliphatic heterocycles. The number of esters is 1. The lowest BCUT2D eigenvalue weighted by Crippen LogP contribution is -2.33. The highest BCUT2D eigenvalue weighted by atomic mass is 35.5. The van der Waals surface area contributed by atoms with Crippen molar-refractivity contribution in [3.8, 4) is 11.6 Å². The van der Waals surface area contributed by atoms with E-state index in [0.717, 1.165) is 18.5 Å². The van der Waals surface area contributed by atoms with Crippen LogP contribution in [0.3, 0.4) is 0 Å². The fourth-order valence-corrected chi connectivity index (χ4v) is 2.38. The normalized spacial score (nSPS) is 11.1. The van der Waals surface area contributed by atoms with Crippen molar-refractivity contribution in [1.29, 1.82) is 0 Å². The standard InChI is InChI=1S/C17H18ClFN4O5/c1-17(2,3)28-13(24)8-22(4)15-14(23(25)26)16(21-9-20-15)27-12-6-5-10(19)7-11(12)18/h5-7,9H,8H2,1-4H3. The van der Waals surface area contributed by atoms with Gasteiger partial charge in [0.05, 0.1) is 9.95 Å². The van der Waals surface area contributed by atoms with E-state index in [1.165, 1.54) is 18.0 Å². The molecule has 2 rings (SSSR count). The summed E-state index contributed by atoms with van der Waals surface area (Å²) in [6, 6.07) is 3.30. The zero-order chi connectivity index (χ0) is 21.1. The van der Waals surface area contributed by atoms with Gasteiger partial charge in [-0.05, 0) is 39.0 Å². The first-order valence-corrected chi connectivity index (χ1v) is 8.41. The van der Waals surface area contributed by atoms with Crippen molar-refractivity contribution in [2.75, 3.05) is 18.5 Å². The lowest BCUT2D eigenvalue weighted by Gasteiger charge is -2.23. The maximum Gasteiger partial charge on any atom is 0.373 e. The van der Waals surface area contributed by atoms with Gasteiger partial charge in [-0.2, -0.15) is 4.98 Å². The van der Waals surface area contributed by atoms with Gasteiger partial charge in [-0.1, -0.05) is 11.6 Å². The molecule has 1 heterocycles. The maximum atomic E-state index is 13.2. The first-order valence-electron chi connectivity index (χ1n) is 8.03. The number of carbonyl (C=O) groups excluding carboxylic acids is 1. The number of nitro groups is 1. The Morgan fingerprint density at radius 1 is 1.36 bits per heavy atom. The molecule has 2 aromatic rings. The van der Waals surface area contributed by atoms with E-state index in [1.807, 2.05) is 0 Å². The summed E-state index contributed by atoms with van der Waals surface area (Å²) in [7, 11) is 1.44. The second kappa shape index (κ2) is 8.34. The van der Waals surface area contributed by atoms with Crippen LogP contribution in [0.1, 0.15) is 20.8 Å². The summed E-state index contributed by atoms with van der Waals surface area (Å²) < 4.78 is 23.8. The van der Waals surface area contributed by atoms with Crippen molar-refractivity contribution in [2.45, 2.75) is 26.4 Å². The SMILES string of the molecule is CN(CC(=O)OC(C)(C)C)c1ncnc(Oc2ccc(F)cc2Cl)c1[N+](=O)[O-]. The van der Waals surface area contributed by atoms with Crippen LogP contribution in [0.15, 0.2) is 24.5 Å². The molecule has 0 saturated heterocycles. The van der Waals surface area contributed by atoms with Gasteiger partial charge < -0.3 is 14.4 Å². The van der Waals surface area contributed by atoms with Gasteiger partial charge in [0.25, 0.3) is 0 Å². The first kappa shape index (κ1) is 21.3. The van der Waals surface area contributed by atoms with Gasteiger partial charge in [0, 0.05) is 7.05 Å². The highest BCUT2D eigenvalue weighted by Crippen LogP contribution is 2.37. The fraction of sp³-hybridized carbons (Fsp3) is 0.353. The average molecular weight is 413 g/mol. The van der Waals surface area contributed by atoms with Gasteiger partial charge in [-0.3, -0.25) is 14.9 Å². The Balaban J connectivity index is 2.34. The molecule has 150 valence electrons. The number of carbonyl (C=O) groups is 1. The number of likely N-dealkylation sites (N-methyl/N-ethyl adjacent to an activating group) is 1. The molecule has 9 nitrogen and oxygen atoms in total.